The highest BCUT2D eigenvalue weighted by atomic mass is 16.6. The number of ether oxygens (including phenoxy) is 2. The van der Waals surface area contributed by atoms with Crippen LogP contribution in [0.15, 0.2) is 12.3 Å². The van der Waals surface area contributed by atoms with Crippen LogP contribution in [0.4, 0.5) is 0 Å². The van der Waals surface area contributed by atoms with Crippen LogP contribution in [0.3, 0.4) is 0 Å². The van der Waals surface area contributed by atoms with Gasteiger partial charge in [-0.3, -0.25) is 4.68 Å². The van der Waals surface area contributed by atoms with Crippen molar-refractivity contribution in [3.8, 4) is 0 Å². The number of hydrogen-bond donors (Lipinski definition) is 1. The van der Waals surface area contributed by atoms with Crippen LogP contribution in [0, 0.1) is 0 Å². The van der Waals surface area contributed by atoms with E-state index in [0.29, 0.717) is 0 Å². The fraction of sp³-hybridized carbons (Fsp3) is 0.786. The summed E-state index contributed by atoms with van der Waals surface area (Å²) >= 11 is 0. The fourth-order valence-corrected chi connectivity index (χ4v) is 3.12. The van der Waals surface area contributed by atoms with Crippen molar-refractivity contribution in [1.29, 1.82) is 0 Å². The lowest BCUT2D eigenvalue weighted by atomic mass is 9.89. The van der Waals surface area contributed by atoms with Crippen LogP contribution in [-0.2, 0) is 22.9 Å². The summed E-state index contributed by atoms with van der Waals surface area (Å²) in [6.45, 7) is 3.65. The molecule has 0 saturated carbocycles. The second-order valence-electron chi connectivity index (χ2n) is 5.64. The number of aromatic nitrogens is 2. The molecule has 1 spiro atoms. The Morgan fingerprint density at radius 1 is 1.53 bits per heavy atom. The van der Waals surface area contributed by atoms with E-state index in [1.54, 1.807) is 0 Å². The largest absolute Gasteiger partial charge is 0.375 e. The van der Waals surface area contributed by atoms with Crippen molar-refractivity contribution in [2.24, 2.45) is 7.05 Å². The van der Waals surface area contributed by atoms with Crippen LogP contribution in [0.25, 0.3) is 0 Å². The van der Waals surface area contributed by atoms with Gasteiger partial charge in [-0.2, -0.15) is 5.10 Å². The molecule has 0 aliphatic carbocycles. The van der Waals surface area contributed by atoms with Gasteiger partial charge < -0.3 is 14.8 Å². The van der Waals surface area contributed by atoms with Gasteiger partial charge in [-0.05, 0) is 32.0 Å². The van der Waals surface area contributed by atoms with Gasteiger partial charge in [-0.1, -0.05) is 0 Å². The maximum atomic E-state index is 6.02. The van der Waals surface area contributed by atoms with E-state index in [4.69, 9.17) is 9.47 Å². The third-order valence-electron chi connectivity index (χ3n) is 4.32. The summed E-state index contributed by atoms with van der Waals surface area (Å²) in [5.74, 6) is 0. The predicted octanol–water partition coefficient (Wildman–Crippen LogP) is 0.890. The smallest absolute Gasteiger partial charge is 0.0836 e. The molecule has 0 bridgehead atoms. The zero-order valence-corrected chi connectivity index (χ0v) is 11.6. The van der Waals surface area contributed by atoms with Gasteiger partial charge in [0, 0.05) is 31.8 Å². The van der Waals surface area contributed by atoms with E-state index >= 15 is 0 Å². The van der Waals surface area contributed by atoms with Gasteiger partial charge in [0.15, 0.2) is 0 Å². The quantitative estimate of drug-likeness (QED) is 0.878. The summed E-state index contributed by atoms with van der Waals surface area (Å²) in [4.78, 5) is 0. The molecule has 1 atom stereocenters. The van der Waals surface area contributed by atoms with Crippen LogP contribution in [0.5, 0.6) is 0 Å². The molecule has 1 N–H and O–H groups in total. The highest BCUT2D eigenvalue weighted by molar-refractivity contribution is 5.00. The topological polar surface area (TPSA) is 48.3 Å². The first-order valence-corrected chi connectivity index (χ1v) is 7.21. The number of nitrogens with zero attached hydrogens (tertiary/aromatic N) is 2. The third-order valence-corrected chi connectivity index (χ3v) is 4.32. The minimum Gasteiger partial charge on any atom is -0.375 e. The number of nitrogens with one attached hydrogen (secondary N) is 1. The molecule has 19 heavy (non-hydrogen) atoms. The van der Waals surface area contributed by atoms with E-state index in [0.717, 1.165) is 52.0 Å². The molecule has 5 heteroatoms. The van der Waals surface area contributed by atoms with E-state index in [9.17, 15) is 0 Å². The van der Waals surface area contributed by atoms with Crippen molar-refractivity contribution >= 4 is 0 Å². The SMILES string of the molecule is Cn1nccc1CCOC1COC2(CCNCC2)C1. The van der Waals surface area contributed by atoms with Crippen molar-refractivity contribution in [3.63, 3.8) is 0 Å². The summed E-state index contributed by atoms with van der Waals surface area (Å²) in [5.41, 5.74) is 1.32. The van der Waals surface area contributed by atoms with Gasteiger partial charge in [0.1, 0.15) is 0 Å². The molecule has 0 aromatic carbocycles. The average molecular weight is 265 g/mol. The average Bonchev–Trinajstić information content (AvgIpc) is 2.99. The molecule has 1 aromatic heterocycles. The van der Waals surface area contributed by atoms with E-state index in [1.807, 2.05) is 24.0 Å². The Balaban J connectivity index is 1.43. The standard InChI is InChI=1S/C14H23N3O2/c1-17-12(2-6-16-17)3-9-18-13-10-14(19-11-13)4-7-15-8-5-14/h2,6,13,15H,3-5,7-11H2,1H3. The van der Waals surface area contributed by atoms with Crippen molar-refractivity contribution < 1.29 is 9.47 Å². The molecule has 2 fully saturated rings. The van der Waals surface area contributed by atoms with E-state index in [-0.39, 0.29) is 11.7 Å². The lowest BCUT2D eigenvalue weighted by molar-refractivity contribution is -0.0232. The van der Waals surface area contributed by atoms with Crippen LogP contribution in [0.1, 0.15) is 25.0 Å². The molecule has 2 saturated heterocycles. The first-order valence-electron chi connectivity index (χ1n) is 7.21. The van der Waals surface area contributed by atoms with Gasteiger partial charge in [-0.15, -0.1) is 0 Å². The van der Waals surface area contributed by atoms with E-state index in [2.05, 4.69) is 10.4 Å². The summed E-state index contributed by atoms with van der Waals surface area (Å²) in [6.07, 6.45) is 6.31. The van der Waals surface area contributed by atoms with Crippen molar-refractivity contribution in [3.05, 3.63) is 18.0 Å². The first-order chi connectivity index (χ1) is 9.27. The molecule has 3 heterocycles. The zero-order valence-electron chi connectivity index (χ0n) is 11.6. The Kier molecular flexibility index (Phi) is 3.86. The van der Waals surface area contributed by atoms with E-state index < -0.39 is 0 Å². The lowest BCUT2D eigenvalue weighted by Gasteiger charge is -2.32. The van der Waals surface area contributed by atoms with Gasteiger partial charge in [0.25, 0.3) is 0 Å². The van der Waals surface area contributed by atoms with Gasteiger partial charge in [0.2, 0.25) is 0 Å². The Morgan fingerprint density at radius 3 is 3.11 bits per heavy atom. The molecular formula is C14H23N3O2. The molecule has 0 amide bonds. The predicted molar refractivity (Wildman–Crippen MR) is 72.1 cm³/mol. The minimum atomic E-state index is 0.0996. The van der Waals surface area contributed by atoms with Crippen molar-refractivity contribution in [2.45, 2.75) is 37.4 Å². The second-order valence-corrected chi connectivity index (χ2v) is 5.64. The first kappa shape index (κ1) is 13.1. The Morgan fingerprint density at radius 2 is 2.37 bits per heavy atom. The zero-order chi connectivity index (χ0) is 13.1. The number of aryl methyl sites for hydroxylation is 1. The number of hydrogen-bond acceptors (Lipinski definition) is 4. The Hall–Kier alpha value is -0.910. The molecule has 3 rings (SSSR count). The summed E-state index contributed by atoms with van der Waals surface area (Å²) in [5, 5.41) is 7.55. The van der Waals surface area contributed by atoms with Crippen molar-refractivity contribution in [1.82, 2.24) is 15.1 Å². The molecule has 2 aliphatic heterocycles. The second kappa shape index (κ2) is 5.61. The monoisotopic (exact) mass is 265 g/mol. The summed E-state index contributed by atoms with van der Waals surface area (Å²) < 4.78 is 13.9. The van der Waals surface area contributed by atoms with E-state index in [1.165, 1.54) is 5.69 Å². The molecule has 0 radical (unpaired) electrons. The molecule has 1 unspecified atom stereocenters. The maximum Gasteiger partial charge on any atom is 0.0836 e. The summed E-state index contributed by atoms with van der Waals surface area (Å²) in [6, 6.07) is 2.04. The summed E-state index contributed by atoms with van der Waals surface area (Å²) in [7, 11) is 1.97. The van der Waals surface area contributed by atoms with Gasteiger partial charge in [-0.25, -0.2) is 0 Å². The van der Waals surface area contributed by atoms with Gasteiger partial charge >= 0.3 is 0 Å². The Bertz CT molecular complexity index is 413. The van der Waals surface area contributed by atoms with Crippen LogP contribution in [-0.4, -0.2) is 47.8 Å². The molecular weight excluding hydrogens is 242 g/mol. The van der Waals surface area contributed by atoms with Crippen LogP contribution < -0.4 is 5.32 Å². The third kappa shape index (κ3) is 2.99. The number of rotatable bonds is 4. The maximum absolute atomic E-state index is 6.02. The molecule has 1 aromatic rings. The normalized spacial score (nSPS) is 26.1. The highest BCUT2D eigenvalue weighted by Gasteiger charge is 2.41. The van der Waals surface area contributed by atoms with Crippen LogP contribution >= 0.6 is 0 Å². The molecule has 106 valence electrons. The lowest BCUT2D eigenvalue weighted by Crippen LogP contribution is -2.41. The van der Waals surface area contributed by atoms with Gasteiger partial charge in [0.05, 0.1) is 24.9 Å². The molecule has 2 aliphatic rings. The fourth-order valence-electron chi connectivity index (χ4n) is 3.12. The number of piperidine rings is 1. The Labute approximate surface area is 114 Å². The van der Waals surface area contributed by atoms with Crippen LogP contribution in [0.2, 0.25) is 0 Å². The minimum absolute atomic E-state index is 0.0996. The van der Waals surface area contributed by atoms with Crippen molar-refractivity contribution in [2.75, 3.05) is 26.3 Å². The molecule has 5 nitrogen and oxygen atoms in total. The highest BCUT2D eigenvalue weighted by Crippen LogP contribution is 2.35.